The van der Waals surface area contributed by atoms with Crippen molar-refractivity contribution in [1.29, 1.82) is 0 Å². The lowest BCUT2D eigenvalue weighted by Crippen LogP contribution is -2.25. The fourth-order valence-electron chi connectivity index (χ4n) is 3.95. The largest absolute Gasteiger partial charge is 0.492 e. The van der Waals surface area contributed by atoms with Crippen LogP contribution in [0.15, 0.2) is 30.3 Å². The van der Waals surface area contributed by atoms with Crippen LogP contribution in [0, 0.1) is 0 Å². The van der Waals surface area contributed by atoms with Gasteiger partial charge in [-0.3, -0.25) is 4.90 Å². The minimum absolute atomic E-state index is 0.252. The van der Waals surface area contributed by atoms with E-state index in [1.165, 1.54) is 30.6 Å². The molecule has 4 heterocycles. The number of fused-ring (bicyclic) bond motifs is 1. The van der Waals surface area contributed by atoms with Gasteiger partial charge in [-0.05, 0) is 61.8 Å². The molecule has 1 fully saturated rings. The average molecular weight is 422 g/mol. The lowest BCUT2D eigenvalue weighted by Gasteiger charge is -2.15. The summed E-state index contributed by atoms with van der Waals surface area (Å²) in [4.78, 5) is 6.75. The maximum Gasteiger partial charge on any atom is 0.248 e. The summed E-state index contributed by atoms with van der Waals surface area (Å²) in [6.07, 6.45) is 3.47. The highest BCUT2D eigenvalue weighted by Gasteiger charge is 2.16. The first kappa shape index (κ1) is 19.7. The Kier molecular flexibility index (Phi) is 5.63. The van der Waals surface area contributed by atoms with Gasteiger partial charge in [-0.25, -0.2) is 0 Å². The van der Waals surface area contributed by atoms with E-state index >= 15 is 0 Å². The fourth-order valence-corrected chi connectivity index (χ4v) is 3.95. The molecule has 0 atom stereocenters. The molecule has 3 aromatic rings. The van der Waals surface area contributed by atoms with E-state index in [4.69, 9.17) is 10.5 Å². The highest BCUT2D eigenvalue weighted by molar-refractivity contribution is 5.55. The Morgan fingerprint density at radius 2 is 1.97 bits per heavy atom. The normalized spacial score (nSPS) is 16.3. The summed E-state index contributed by atoms with van der Waals surface area (Å²) in [6.45, 7) is 5.73. The molecule has 0 bridgehead atoms. The topological polar surface area (TPSA) is 119 Å². The van der Waals surface area contributed by atoms with Crippen molar-refractivity contribution in [3.05, 3.63) is 41.6 Å². The molecule has 0 spiro atoms. The molecule has 0 radical (unpaired) electrons. The van der Waals surface area contributed by atoms with Gasteiger partial charge in [-0.15, -0.1) is 10.2 Å². The molecule has 10 heteroatoms. The maximum atomic E-state index is 6.08. The van der Waals surface area contributed by atoms with Crippen LogP contribution in [0.2, 0.25) is 0 Å². The number of hydrogen-bond acceptors (Lipinski definition) is 9. The summed E-state index contributed by atoms with van der Waals surface area (Å²) < 4.78 is 7.35. The third-order valence-electron chi connectivity index (χ3n) is 5.64. The predicted molar refractivity (Wildman–Crippen MR) is 118 cm³/mol. The number of aromatic nitrogens is 5. The van der Waals surface area contributed by atoms with Crippen LogP contribution in [0.5, 0.6) is 5.75 Å². The molecule has 31 heavy (non-hydrogen) atoms. The molecule has 162 valence electrons. The van der Waals surface area contributed by atoms with Gasteiger partial charge in [0.15, 0.2) is 5.82 Å². The van der Waals surface area contributed by atoms with Gasteiger partial charge in [0, 0.05) is 31.7 Å². The first-order valence-electron chi connectivity index (χ1n) is 10.8. The number of benzene rings is 1. The van der Waals surface area contributed by atoms with E-state index in [2.05, 4.69) is 35.8 Å². The smallest absolute Gasteiger partial charge is 0.248 e. The van der Waals surface area contributed by atoms with Crippen molar-refractivity contribution in [3.8, 4) is 11.6 Å². The molecule has 4 N–H and O–H groups in total. The lowest BCUT2D eigenvalue weighted by atomic mass is 10.1. The number of nitrogens with two attached hydrogens (primary N) is 1. The second kappa shape index (κ2) is 8.86. The van der Waals surface area contributed by atoms with E-state index in [0.717, 1.165) is 48.7 Å². The van der Waals surface area contributed by atoms with Gasteiger partial charge in [0.25, 0.3) is 0 Å². The van der Waals surface area contributed by atoms with Crippen LogP contribution in [0.4, 0.5) is 17.6 Å². The number of nitrogens with zero attached hydrogens (tertiary/aromatic N) is 6. The zero-order valence-corrected chi connectivity index (χ0v) is 17.4. The van der Waals surface area contributed by atoms with Crippen molar-refractivity contribution in [2.45, 2.75) is 25.8 Å². The van der Waals surface area contributed by atoms with Crippen LogP contribution in [-0.2, 0) is 13.0 Å². The number of likely N-dealkylation sites (tertiary alicyclic amines) is 1. The Morgan fingerprint density at radius 1 is 1.13 bits per heavy atom. The Balaban J connectivity index is 1.21. The Bertz CT molecular complexity index is 1030. The van der Waals surface area contributed by atoms with Crippen molar-refractivity contribution in [3.63, 3.8) is 0 Å². The summed E-state index contributed by atoms with van der Waals surface area (Å²) in [5.41, 5.74) is 9.06. The van der Waals surface area contributed by atoms with Crippen molar-refractivity contribution >= 4 is 17.6 Å². The number of rotatable bonds is 7. The van der Waals surface area contributed by atoms with E-state index in [9.17, 15) is 0 Å². The minimum Gasteiger partial charge on any atom is -0.492 e. The SMILES string of the molecule is Nc1nc(Nc2ccc(OCCN3CCCC3)cc2)nn1-c1cc2c(nn1)CCNC2. The number of nitrogens with one attached hydrogen (secondary N) is 2. The molecule has 0 saturated carbocycles. The average Bonchev–Trinajstić information content (AvgIpc) is 3.44. The van der Waals surface area contributed by atoms with Crippen LogP contribution in [0.25, 0.3) is 5.82 Å². The molecular weight excluding hydrogens is 394 g/mol. The Morgan fingerprint density at radius 3 is 2.81 bits per heavy atom. The van der Waals surface area contributed by atoms with Crippen molar-refractivity contribution in [2.24, 2.45) is 0 Å². The number of anilines is 3. The number of ether oxygens (including phenoxy) is 1. The van der Waals surface area contributed by atoms with E-state index in [1.54, 1.807) is 0 Å². The van der Waals surface area contributed by atoms with E-state index in [1.807, 2.05) is 30.3 Å². The molecule has 5 rings (SSSR count). The molecule has 1 aromatic carbocycles. The van der Waals surface area contributed by atoms with Crippen LogP contribution in [0.3, 0.4) is 0 Å². The Hall–Kier alpha value is -3.24. The first-order chi connectivity index (χ1) is 15.2. The monoisotopic (exact) mass is 421 g/mol. The molecule has 0 aliphatic carbocycles. The highest BCUT2D eigenvalue weighted by Crippen LogP contribution is 2.21. The standard InChI is InChI=1S/C21H27N9O/c22-20-25-21(28-30(20)19-13-15-14-23-8-7-18(15)26-27-19)24-16-3-5-17(6-4-16)31-12-11-29-9-1-2-10-29/h3-6,13,23H,1-2,7-12,14H2,(H3,22,24,25,28). The Labute approximate surface area is 180 Å². The van der Waals surface area contributed by atoms with E-state index in [-0.39, 0.29) is 5.95 Å². The highest BCUT2D eigenvalue weighted by atomic mass is 16.5. The van der Waals surface area contributed by atoms with Crippen molar-refractivity contribution in [1.82, 2.24) is 35.2 Å². The van der Waals surface area contributed by atoms with Crippen molar-refractivity contribution in [2.75, 3.05) is 43.8 Å². The van der Waals surface area contributed by atoms with Crippen LogP contribution >= 0.6 is 0 Å². The van der Waals surface area contributed by atoms with Gasteiger partial charge in [0.2, 0.25) is 11.9 Å². The van der Waals surface area contributed by atoms with Gasteiger partial charge in [0.05, 0.1) is 5.69 Å². The minimum atomic E-state index is 0.252. The summed E-state index contributed by atoms with van der Waals surface area (Å²) in [6, 6.07) is 9.71. The predicted octanol–water partition coefficient (Wildman–Crippen LogP) is 1.50. The molecule has 2 aliphatic heterocycles. The quantitative estimate of drug-likeness (QED) is 0.521. The fraction of sp³-hybridized carbons (Fsp3) is 0.429. The van der Waals surface area contributed by atoms with Crippen LogP contribution in [-0.4, -0.2) is 62.6 Å². The zero-order chi connectivity index (χ0) is 21.0. The van der Waals surface area contributed by atoms with Gasteiger partial charge in [-0.2, -0.15) is 14.8 Å². The summed E-state index contributed by atoms with van der Waals surface area (Å²) >= 11 is 0. The molecule has 0 unspecified atom stereocenters. The number of hydrogen-bond donors (Lipinski definition) is 3. The van der Waals surface area contributed by atoms with Crippen LogP contribution < -0.4 is 21.1 Å². The number of nitrogen functional groups attached to an aromatic ring is 1. The van der Waals surface area contributed by atoms with Gasteiger partial charge < -0.3 is 21.1 Å². The van der Waals surface area contributed by atoms with E-state index < -0.39 is 0 Å². The molecule has 1 saturated heterocycles. The third kappa shape index (κ3) is 4.59. The lowest BCUT2D eigenvalue weighted by molar-refractivity contribution is 0.238. The second-order valence-electron chi connectivity index (χ2n) is 7.85. The third-order valence-corrected chi connectivity index (χ3v) is 5.64. The molecule has 2 aliphatic rings. The first-order valence-corrected chi connectivity index (χ1v) is 10.8. The van der Waals surface area contributed by atoms with Gasteiger partial charge >= 0.3 is 0 Å². The van der Waals surface area contributed by atoms with Crippen molar-refractivity contribution < 1.29 is 4.74 Å². The summed E-state index contributed by atoms with van der Waals surface area (Å²) in [7, 11) is 0. The molecule has 0 amide bonds. The summed E-state index contributed by atoms with van der Waals surface area (Å²) in [5, 5.41) is 19.5. The zero-order valence-electron chi connectivity index (χ0n) is 17.4. The summed E-state index contributed by atoms with van der Waals surface area (Å²) in [5.74, 6) is 2.06. The van der Waals surface area contributed by atoms with E-state index in [0.29, 0.717) is 18.4 Å². The molecule has 10 nitrogen and oxygen atoms in total. The van der Waals surface area contributed by atoms with Gasteiger partial charge in [0.1, 0.15) is 12.4 Å². The maximum absolute atomic E-state index is 6.08. The second-order valence-corrected chi connectivity index (χ2v) is 7.85. The van der Waals surface area contributed by atoms with Gasteiger partial charge in [-0.1, -0.05) is 0 Å². The van der Waals surface area contributed by atoms with Crippen LogP contribution in [0.1, 0.15) is 24.1 Å². The molecular formula is C21H27N9O. The molecule has 2 aromatic heterocycles.